The molecule has 0 atom stereocenters. The average molecular weight is 463 g/mol. The van der Waals surface area contributed by atoms with Crippen LogP contribution in [0.4, 0.5) is 0 Å². The fraction of sp³-hybridized carbons (Fsp3) is 0.160. The predicted molar refractivity (Wildman–Crippen MR) is 126 cm³/mol. The van der Waals surface area contributed by atoms with E-state index in [2.05, 4.69) is 4.99 Å². The smallest absolute Gasteiger partial charge is 0.325 e. The second kappa shape index (κ2) is 10.1. The number of ether oxygens (including phenoxy) is 3. The SMILES string of the molecule is CCOc1ccc2c(c1)sc(=NC(=O)c1cccc(Oc3ccccc3)c1)n2CC(=O)OC. The standard InChI is InChI=1S/C25H22N2O5S/c1-3-31-19-12-13-21-22(15-19)33-25(27(21)16-23(28)30-2)26-24(29)17-8-7-11-20(14-17)32-18-9-5-4-6-10-18/h4-15H,3,16H2,1-2H3. The molecule has 0 N–H and O–H groups in total. The number of hydrogen-bond donors (Lipinski definition) is 0. The Bertz CT molecular complexity index is 1360. The van der Waals surface area contributed by atoms with E-state index in [0.29, 0.717) is 34.2 Å². The maximum Gasteiger partial charge on any atom is 0.325 e. The van der Waals surface area contributed by atoms with Crippen molar-refractivity contribution in [3.8, 4) is 17.2 Å². The van der Waals surface area contributed by atoms with E-state index in [1.54, 1.807) is 28.8 Å². The zero-order chi connectivity index (χ0) is 23.2. The van der Waals surface area contributed by atoms with Gasteiger partial charge in [0.2, 0.25) is 0 Å². The van der Waals surface area contributed by atoms with Gasteiger partial charge >= 0.3 is 5.97 Å². The number of aromatic nitrogens is 1. The van der Waals surface area contributed by atoms with Crippen molar-refractivity contribution in [2.45, 2.75) is 13.5 Å². The summed E-state index contributed by atoms with van der Waals surface area (Å²) in [6, 6.07) is 21.7. The van der Waals surface area contributed by atoms with Crippen LogP contribution < -0.4 is 14.3 Å². The molecule has 0 aliphatic carbocycles. The molecule has 1 aromatic heterocycles. The second-order valence-electron chi connectivity index (χ2n) is 6.97. The van der Waals surface area contributed by atoms with Crippen molar-refractivity contribution >= 4 is 33.4 Å². The number of amides is 1. The lowest BCUT2D eigenvalue weighted by atomic mass is 10.2. The zero-order valence-electron chi connectivity index (χ0n) is 18.2. The molecule has 7 nitrogen and oxygen atoms in total. The van der Waals surface area contributed by atoms with Gasteiger partial charge in [-0.3, -0.25) is 9.59 Å². The van der Waals surface area contributed by atoms with Crippen LogP contribution in [0.15, 0.2) is 77.8 Å². The number of para-hydroxylation sites is 1. The molecule has 3 aromatic carbocycles. The van der Waals surface area contributed by atoms with Gasteiger partial charge in [0.05, 0.1) is 23.9 Å². The van der Waals surface area contributed by atoms with Crippen molar-refractivity contribution in [1.29, 1.82) is 0 Å². The van der Waals surface area contributed by atoms with E-state index < -0.39 is 11.9 Å². The first-order valence-electron chi connectivity index (χ1n) is 10.3. The Labute approximate surface area is 194 Å². The molecule has 8 heteroatoms. The highest BCUT2D eigenvalue weighted by Crippen LogP contribution is 2.24. The minimum atomic E-state index is -0.441. The lowest BCUT2D eigenvalue weighted by Gasteiger charge is -2.06. The molecule has 4 rings (SSSR count). The maximum absolute atomic E-state index is 13.0. The Morgan fingerprint density at radius 3 is 2.48 bits per heavy atom. The number of methoxy groups -OCH3 is 1. The Morgan fingerprint density at radius 2 is 1.73 bits per heavy atom. The van der Waals surface area contributed by atoms with E-state index in [1.807, 2.05) is 55.5 Å². The molecule has 0 bridgehead atoms. The maximum atomic E-state index is 13.0. The summed E-state index contributed by atoms with van der Waals surface area (Å²) in [7, 11) is 1.32. The van der Waals surface area contributed by atoms with Gasteiger partial charge in [-0.2, -0.15) is 4.99 Å². The number of rotatable bonds is 7. The molecule has 0 saturated heterocycles. The van der Waals surface area contributed by atoms with Crippen LogP contribution in [0.5, 0.6) is 17.2 Å². The Kier molecular flexibility index (Phi) is 6.85. The van der Waals surface area contributed by atoms with E-state index in [-0.39, 0.29) is 6.54 Å². The molecule has 1 amide bonds. The second-order valence-corrected chi connectivity index (χ2v) is 7.98. The van der Waals surface area contributed by atoms with Crippen LogP contribution in [0.1, 0.15) is 17.3 Å². The molecule has 0 spiro atoms. The van der Waals surface area contributed by atoms with Crippen molar-refractivity contribution in [3.63, 3.8) is 0 Å². The van der Waals surface area contributed by atoms with E-state index >= 15 is 0 Å². The van der Waals surface area contributed by atoms with Gasteiger partial charge < -0.3 is 18.8 Å². The summed E-state index contributed by atoms with van der Waals surface area (Å²) in [6.45, 7) is 2.38. The molecule has 0 saturated carbocycles. The Balaban J connectivity index is 1.71. The summed E-state index contributed by atoms with van der Waals surface area (Å²) >= 11 is 1.30. The van der Waals surface area contributed by atoms with Crippen LogP contribution in [0.25, 0.3) is 10.2 Å². The molecule has 33 heavy (non-hydrogen) atoms. The van der Waals surface area contributed by atoms with Crippen molar-refractivity contribution in [2.75, 3.05) is 13.7 Å². The van der Waals surface area contributed by atoms with Crippen LogP contribution in [0, 0.1) is 0 Å². The number of nitrogens with zero attached hydrogens (tertiary/aromatic N) is 2. The fourth-order valence-corrected chi connectivity index (χ4v) is 4.27. The molecule has 0 radical (unpaired) electrons. The van der Waals surface area contributed by atoms with E-state index in [9.17, 15) is 9.59 Å². The normalized spacial score (nSPS) is 11.4. The number of benzene rings is 3. The van der Waals surface area contributed by atoms with Gasteiger partial charge in [0.1, 0.15) is 23.8 Å². The van der Waals surface area contributed by atoms with E-state index in [0.717, 1.165) is 10.2 Å². The summed E-state index contributed by atoms with van der Waals surface area (Å²) in [5, 5.41) is 0. The fourth-order valence-electron chi connectivity index (χ4n) is 3.21. The molecular weight excluding hydrogens is 440 g/mol. The zero-order valence-corrected chi connectivity index (χ0v) is 19.0. The number of carbonyl (C=O) groups is 2. The third-order valence-corrected chi connectivity index (χ3v) is 5.78. The minimum absolute atomic E-state index is 0.0618. The number of carbonyl (C=O) groups excluding carboxylic acids is 2. The summed E-state index contributed by atoms with van der Waals surface area (Å²) in [6.07, 6.45) is 0. The summed E-state index contributed by atoms with van der Waals surface area (Å²) < 4.78 is 18.7. The summed E-state index contributed by atoms with van der Waals surface area (Å²) in [5.74, 6) is 1.03. The van der Waals surface area contributed by atoms with Gasteiger partial charge in [0.25, 0.3) is 5.91 Å². The van der Waals surface area contributed by atoms with Crippen LogP contribution in [0.3, 0.4) is 0 Å². The highest BCUT2D eigenvalue weighted by Gasteiger charge is 2.14. The van der Waals surface area contributed by atoms with Crippen molar-refractivity contribution < 1.29 is 23.8 Å². The first kappa shape index (κ1) is 22.3. The summed E-state index contributed by atoms with van der Waals surface area (Å²) in [5.41, 5.74) is 1.14. The molecule has 1 heterocycles. The van der Waals surface area contributed by atoms with Gasteiger partial charge in [0, 0.05) is 5.56 Å². The first-order chi connectivity index (χ1) is 16.1. The molecule has 4 aromatic rings. The highest BCUT2D eigenvalue weighted by atomic mass is 32.1. The number of esters is 1. The van der Waals surface area contributed by atoms with Crippen LogP contribution >= 0.6 is 11.3 Å². The Hall–Kier alpha value is -3.91. The predicted octanol–water partition coefficient (Wildman–Crippen LogP) is 4.81. The van der Waals surface area contributed by atoms with Crippen molar-refractivity contribution in [2.24, 2.45) is 4.99 Å². The van der Waals surface area contributed by atoms with Gasteiger partial charge in [0.15, 0.2) is 4.80 Å². The van der Waals surface area contributed by atoms with E-state index in [1.165, 1.54) is 18.4 Å². The van der Waals surface area contributed by atoms with Crippen LogP contribution in [0.2, 0.25) is 0 Å². The average Bonchev–Trinajstić information content (AvgIpc) is 3.16. The van der Waals surface area contributed by atoms with Gasteiger partial charge in [-0.15, -0.1) is 0 Å². The largest absolute Gasteiger partial charge is 0.494 e. The van der Waals surface area contributed by atoms with Gasteiger partial charge in [-0.05, 0) is 55.5 Å². The minimum Gasteiger partial charge on any atom is -0.494 e. The van der Waals surface area contributed by atoms with Crippen molar-refractivity contribution in [3.05, 3.63) is 83.2 Å². The van der Waals surface area contributed by atoms with Crippen molar-refractivity contribution in [1.82, 2.24) is 4.57 Å². The first-order valence-corrected chi connectivity index (χ1v) is 11.1. The number of hydrogen-bond acceptors (Lipinski definition) is 6. The lowest BCUT2D eigenvalue weighted by molar-refractivity contribution is -0.141. The highest BCUT2D eigenvalue weighted by molar-refractivity contribution is 7.16. The molecule has 0 unspecified atom stereocenters. The molecule has 0 aliphatic heterocycles. The quantitative estimate of drug-likeness (QED) is 0.368. The topological polar surface area (TPSA) is 79.1 Å². The Morgan fingerprint density at radius 1 is 0.939 bits per heavy atom. The molecule has 0 fully saturated rings. The molecular formula is C25H22N2O5S. The lowest BCUT2D eigenvalue weighted by Crippen LogP contribution is -2.22. The summed E-state index contributed by atoms with van der Waals surface area (Å²) in [4.78, 5) is 29.7. The molecule has 168 valence electrons. The third-order valence-electron chi connectivity index (χ3n) is 4.74. The van der Waals surface area contributed by atoms with Crippen LogP contribution in [-0.4, -0.2) is 30.2 Å². The van der Waals surface area contributed by atoms with Gasteiger partial charge in [-0.1, -0.05) is 35.6 Å². The van der Waals surface area contributed by atoms with Crippen LogP contribution in [-0.2, 0) is 16.1 Å². The monoisotopic (exact) mass is 462 g/mol. The molecule has 0 aliphatic rings. The third kappa shape index (κ3) is 5.30. The number of thiazole rings is 1. The van der Waals surface area contributed by atoms with Gasteiger partial charge in [-0.25, -0.2) is 0 Å². The number of fused-ring (bicyclic) bond motifs is 1. The van der Waals surface area contributed by atoms with E-state index in [4.69, 9.17) is 14.2 Å².